The lowest BCUT2D eigenvalue weighted by molar-refractivity contribution is 0.579. The molecule has 1 aromatic rings. The molecule has 0 bridgehead atoms. The molecular formula is C8H15N3O2S2. The van der Waals surface area contributed by atoms with Crippen LogP contribution < -0.4 is 10.5 Å². The Bertz CT molecular complexity index is 361. The summed E-state index contributed by atoms with van der Waals surface area (Å²) in [6, 6.07) is 0. The first kappa shape index (κ1) is 12.6. The summed E-state index contributed by atoms with van der Waals surface area (Å²) in [7, 11) is -3.15. The number of nitrogens with zero attached hydrogens (tertiary/aromatic N) is 1. The molecule has 1 aromatic heterocycles. The quantitative estimate of drug-likeness (QED) is 0.709. The second-order valence-corrected chi connectivity index (χ2v) is 5.73. The molecule has 1 heterocycles. The van der Waals surface area contributed by atoms with E-state index in [1.807, 2.05) is 5.38 Å². The molecule has 0 aliphatic heterocycles. The Kier molecular flexibility index (Phi) is 5.16. The molecule has 15 heavy (non-hydrogen) atoms. The van der Waals surface area contributed by atoms with E-state index in [4.69, 9.17) is 5.73 Å². The van der Waals surface area contributed by atoms with Gasteiger partial charge in [-0.05, 0) is 13.0 Å². The van der Waals surface area contributed by atoms with Crippen LogP contribution in [0.2, 0.25) is 0 Å². The molecule has 0 saturated carbocycles. The van der Waals surface area contributed by atoms with Crippen molar-refractivity contribution in [3.63, 3.8) is 0 Å². The van der Waals surface area contributed by atoms with Crippen LogP contribution in [0.3, 0.4) is 0 Å². The highest BCUT2D eigenvalue weighted by Crippen LogP contribution is 2.01. The smallest absolute Gasteiger partial charge is 0.211 e. The maximum Gasteiger partial charge on any atom is 0.211 e. The number of rotatable bonds is 7. The van der Waals surface area contributed by atoms with E-state index >= 15 is 0 Å². The summed E-state index contributed by atoms with van der Waals surface area (Å²) >= 11 is 1.51. The van der Waals surface area contributed by atoms with Crippen molar-refractivity contribution in [2.45, 2.75) is 12.8 Å². The van der Waals surface area contributed by atoms with Gasteiger partial charge in [0, 0.05) is 18.3 Å². The molecule has 0 spiro atoms. The summed E-state index contributed by atoms with van der Waals surface area (Å²) in [6.07, 6.45) is 1.12. The van der Waals surface area contributed by atoms with Crippen LogP contribution in [0.1, 0.15) is 12.1 Å². The highest BCUT2D eigenvalue weighted by molar-refractivity contribution is 7.89. The normalized spacial score (nSPS) is 11.8. The molecule has 0 saturated heterocycles. The molecule has 1 rings (SSSR count). The van der Waals surface area contributed by atoms with Crippen molar-refractivity contribution in [1.82, 2.24) is 9.71 Å². The van der Waals surface area contributed by atoms with Gasteiger partial charge in [-0.15, -0.1) is 11.3 Å². The van der Waals surface area contributed by atoms with Crippen molar-refractivity contribution in [3.8, 4) is 0 Å². The molecule has 0 aromatic carbocycles. The van der Waals surface area contributed by atoms with Gasteiger partial charge in [-0.25, -0.2) is 18.1 Å². The molecule has 0 fully saturated rings. The molecule has 0 aliphatic rings. The topological polar surface area (TPSA) is 85.1 Å². The van der Waals surface area contributed by atoms with Gasteiger partial charge in [-0.1, -0.05) is 0 Å². The average Bonchev–Trinajstić information content (AvgIpc) is 2.67. The Hall–Kier alpha value is -0.500. The van der Waals surface area contributed by atoms with E-state index in [9.17, 15) is 8.42 Å². The zero-order valence-electron chi connectivity index (χ0n) is 8.35. The fourth-order valence-corrected chi connectivity index (χ4v) is 2.74. The van der Waals surface area contributed by atoms with Gasteiger partial charge in [-0.3, -0.25) is 0 Å². The summed E-state index contributed by atoms with van der Waals surface area (Å²) in [5.74, 6) is 0.0978. The summed E-state index contributed by atoms with van der Waals surface area (Å²) in [4.78, 5) is 4.06. The fourth-order valence-electron chi connectivity index (χ4n) is 1.04. The van der Waals surface area contributed by atoms with Crippen molar-refractivity contribution in [1.29, 1.82) is 0 Å². The van der Waals surface area contributed by atoms with E-state index in [2.05, 4.69) is 9.71 Å². The number of sulfonamides is 1. The standard InChI is InChI=1S/C8H15N3O2S2/c9-3-1-5-15(12,13)11-4-2-8-6-14-7-10-8/h6-7,11H,1-5,9H2. The van der Waals surface area contributed by atoms with E-state index in [1.165, 1.54) is 11.3 Å². The van der Waals surface area contributed by atoms with E-state index < -0.39 is 10.0 Å². The minimum atomic E-state index is -3.15. The zero-order valence-corrected chi connectivity index (χ0v) is 9.98. The number of aromatic nitrogens is 1. The molecule has 5 nitrogen and oxygen atoms in total. The second-order valence-electron chi connectivity index (χ2n) is 3.09. The van der Waals surface area contributed by atoms with Gasteiger partial charge in [0.1, 0.15) is 0 Å². The molecule has 0 amide bonds. The van der Waals surface area contributed by atoms with Gasteiger partial charge < -0.3 is 5.73 Å². The van der Waals surface area contributed by atoms with Crippen molar-refractivity contribution in [2.24, 2.45) is 5.73 Å². The van der Waals surface area contributed by atoms with Gasteiger partial charge >= 0.3 is 0 Å². The predicted octanol–water partition coefficient (Wildman–Crippen LogP) is -0.0462. The minimum Gasteiger partial charge on any atom is -0.330 e. The number of thiazole rings is 1. The van der Waals surface area contributed by atoms with Crippen molar-refractivity contribution in [2.75, 3.05) is 18.8 Å². The zero-order chi connectivity index (χ0) is 11.1. The van der Waals surface area contributed by atoms with Crippen LogP contribution in [-0.4, -0.2) is 32.2 Å². The first-order chi connectivity index (χ1) is 7.14. The van der Waals surface area contributed by atoms with Gasteiger partial charge in [0.25, 0.3) is 0 Å². The number of hydrogen-bond donors (Lipinski definition) is 2. The van der Waals surface area contributed by atoms with Crippen molar-refractivity contribution in [3.05, 3.63) is 16.6 Å². The third-order valence-corrected chi connectivity index (χ3v) is 3.91. The molecule has 0 atom stereocenters. The summed E-state index contributed by atoms with van der Waals surface area (Å²) in [5.41, 5.74) is 7.89. The van der Waals surface area contributed by atoms with E-state index in [0.717, 1.165) is 5.69 Å². The van der Waals surface area contributed by atoms with Crippen LogP contribution in [0.4, 0.5) is 0 Å². The van der Waals surface area contributed by atoms with Gasteiger partial charge in [0.2, 0.25) is 10.0 Å². The fraction of sp³-hybridized carbons (Fsp3) is 0.625. The highest BCUT2D eigenvalue weighted by Gasteiger charge is 2.08. The highest BCUT2D eigenvalue weighted by atomic mass is 32.2. The van der Waals surface area contributed by atoms with Crippen LogP contribution in [0, 0.1) is 0 Å². The Balaban J connectivity index is 2.24. The van der Waals surface area contributed by atoms with Gasteiger partial charge in [-0.2, -0.15) is 0 Å². The lowest BCUT2D eigenvalue weighted by Crippen LogP contribution is -2.29. The van der Waals surface area contributed by atoms with Crippen LogP contribution in [-0.2, 0) is 16.4 Å². The van der Waals surface area contributed by atoms with Crippen LogP contribution in [0.5, 0.6) is 0 Å². The van der Waals surface area contributed by atoms with Crippen molar-refractivity contribution < 1.29 is 8.42 Å². The maximum atomic E-state index is 11.3. The first-order valence-corrected chi connectivity index (χ1v) is 7.28. The monoisotopic (exact) mass is 249 g/mol. The number of hydrogen-bond acceptors (Lipinski definition) is 5. The Labute approximate surface area is 93.8 Å². The Morgan fingerprint density at radius 1 is 1.53 bits per heavy atom. The Morgan fingerprint density at radius 3 is 2.93 bits per heavy atom. The molecule has 0 unspecified atom stereocenters. The lowest BCUT2D eigenvalue weighted by Gasteiger charge is -2.04. The molecule has 3 N–H and O–H groups in total. The largest absolute Gasteiger partial charge is 0.330 e. The van der Waals surface area contributed by atoms with E-state index in [-0.39, 0.29) is 5.75 Å². The van der Waals surface area contributed by atoms with Crippen LogP contribution in [0.15, 0.2) is 10.9 Å². The molecule has 0 radical (unpaired) electrons. The number of nitrogens with one attached hydrogen (secondary N) is 1. The predicted molar refractivity (Wildman–Crippen MR) is 61.3 cm³/mol. The lowest BCUT2D eigenvalue weighted by atomic mass is 10.3. The molecule has 7 heteroatoms. The SMILES string of the molecule is NCCCS(=O)(=O)NCCc1cscn1. The molecule has 0 aliphatic carbocycles. The average molecular weight is 249 g/mol. The third kappa shape index (κ3) is 5.22. The summed E-state index contributed by atoms with van der Waals surface area (Å²) in [6.45, 7) is 0.795. The Morgan fingerprint density at radius 2 is 2.33 bits per heavy atom. The maximum absolute atomic E-state index is 11.3. The van der Waals surface area contributed by atoms with Crippen LogP contribution in [0.25, 0.3) is 0 Å². The van der Waals surface area contributed by atoms with Crippen molar-refractivity contribution >= 4 is 21.4 Å². The van der Waals surface area contributed by atoms with E-state index in [0.29, 0.717) is 25.9 Å². The second kappa shape index (κ2) is 6.16. The summed E-state index contributed by atoms with van der Waals surface area (Å²) < 4.78 is 25.2. The van der Waals surface area contributed by atoms with Crippen LogP contribution >= 0.6 is 11.3 Å². The van der Waals surface area contributed by atoms with Gasteiger partial charge in [0.15, 0.2) is 0 Å². The van der Waals surface area contributed by atoms with E-state index in [1.54, 1.807) is 5.51 Å². The first-order valence-electron chi connectivity index (χ1n) is 4.68. The minimum absolute atomic E-state index is 0.0978. The summed E-state index contributed by atoms with van der Waals surface area (Å²) in [5, 5.41) is 1.91. The number of nitrogens with two attached hydrogens (primary N) is 1. The molecule has 86 valence electrons. The molecular weight excluding hydrogens is 234 g/mol. The third-order valence-electron chi connectivity index (χ3n) is 1.80. The van der Waals surface area contributed by atoms with Gasteiger partial charge in [0.05, 0.1) is 17.0 Å².